The first kappa shape index (κ1) is 34.6. The lowest BCUT2D eigenvalue weighted by Crippen LogP contribution is -2.47. The van der Waals surface area contributed by atoms with E-state index in [1.807, 2.05) is 13.8 Å². The fourth-order valence-electron chi connectivity index (χ4n) is 5.64. The van der Waals surface area contributed by atoms with E-state index in [4.69, 9.17) is 5.11 Å². The molecule has 0 radical (unpaired) electrons. The number of nitrogens with zero attached hydrogens (tertiary/aromatic N) is 1. The van der Waals surface area contributed by atoms with Gasteiger partial charge in [-0.25, -0.2) is 21.9 Å². The van der Waals surface area contributed by atoms with Crippen LogP contribution in [0.3, 0.4) is 0 Å². The molecule has 0 aromatic heterocycles. The summed E-state index contributed by atoms with van der Waals surface area (Å²) in [5, 5.41) is 29.9. The molecule has 1 heterocycles. The Kier molecular flexibility index (Phi) is 10.6. The number of quaternary nitrogens is 1. The molecule has 0 bridgehead atoms. The monoisotopic (exact) mass is 655 g/mol. The van der Waals surface area contributed by atoms with Gasteiger partial charge in [-0.05, 0) is 74.9 Å². The second-order valence-electron chi connectivity index (χ2n) is 11.7. The van der Waals surface area contributed by atoms with Crippen molar-refractivity contribution in [3.05, 3.63) is 113 Å². The number of carboxylic acids is 1. The molecule has 0 fully saturated rings. The van der Waals surface area contributed by atoms with Crippen LogP contribution in [0.2, 0.25) is 0 Å². The maximum absolute atomic E-state index is 14.1. The van der Waals surface area contributed by atoms with E-state index >= 15 is 0 Å². The summed E-state index contributed by atoms with van der Waals surface area (Å²) in [6.45, 7) is 5.63. The molecule has 3 aromatic rings. The van der Waals surface area contributed by atoms with Crippen molar-refractivity contribution >= 4 is 33.2 Å². The van der Waals surface area contributed by atoms with Crippen molar-refractivity contribution < 1.29 is 46.6 Å². The number of carbonyl (C=O) groups excluding carboxylic acids is 1. The summed E-state index contributed by atoms with van der Waals surface area (Å²) in [6.07, 6.45) is -1.54. The molecule has 0 saturated heterocycles. The minimum absolute atomic E-state index is 0.0317. The van der Waals surface area contributed by atoms with Crippen LogP contribution in [-0.2, 0) is 19.6 Å². The van der Waals surface area contributed by atoms with Crippen LogP contribution in [0.1, 0.15) is 49.8 Å². The minimum atomic E-state index is -4.32. The van der Waals surface area contributed by atoms with E-state index in [0.717, 1.165) is 5.56 Å². The van der Waals surface area contributed by atoms with Gasteiger partial charge in [0, 0.05) is 18.4 Å². The van der Waals surface area contributed by atoms with Crippen molar-refractivity contribution in [2.24, 2.45) is 0 Å². The molecule has 1 amide bonds. The number of hydrogen-bond acceptors (Lipinski definition) is 6. The molecule has 9 nitrogen and oxygen atoms in total. The molecule has 12 heteroatoms. The number of aliphatic carboxylic acids is 1. The van der Waals surface area contributed by atoms with Crippen LogP contribution in [0.4, 0.5) is 8.78 Å². The van der Waals surface area contributed by atoms with Crippen LogP contribution < -0.4 is 4.72 Å². The highest BCUT2D eigenvalue weighted by molar-refractivity contribution is 7.90. The van der Waals surface area contributed by atoms with Gasteiger partial charge < -0.3 is 15.3 Å². The van der Waals surface area contributed by atoms with E-state index in [0.29, 0.717) is 16.8 Å². The highest BCUT2D eigenvalue weighted by atomic mass is 32.2. The highest BCUT2D eigenvalue weighted by Gasteiger charge is 2.47. The van der Waals surface area contributed by atoms with E-state index in [9.17, 15) is 37.0 Å². The van der Waals surface area contributed by atoms with Crippen LogP contribution in [-0.4, -0.2) is 64.9 Å². The van der Waals surface area contributed by atoms with E-state index in [1.54, 1.807) is 25.3 Å². The minimum Gasteiger partial charge on any atom is -0.481 e. The first-order chi connectivity index (χ1) is 21.6. The lowest BCUT2D eigenvalue weighted by molar-refractivity contribution is -0.829. The first-order valence-electron chi connectivity index (χ1n) is 14.7. The Bertz CT molecular complexity index is 1750. The van der Waals surface area contributed by atoms with Gasteiger partial charge in [0.05, 0.1) is 41.7 Å². The SMILES string of the molecule is Cc1ccc(S(=O)(=O)NC(=O)C2=C[N+](CC[C@@H](O)C[C@@H](O)CC(=O)O)(C(C)C)C(c3ccc(F)cc3)=C2c2ccc(F)cc2)cc1. The molecule has 0 aliphatic carbocycles. The molecule has 1 unspecified atom stereocenters. The molecule has 244 valence electrons. The maximum atomic E-state index is 14.1. The Labute approximate surface area is 266 Å². The van der Waals surface area contributed by atoms with Gasteiger partial charge in [-0.3, -0.25) is 14.1 Å². The number of aryl methyl sites for hydroxylation is 1. The fourth-order valence-corrected chi connectivity index (χ4v) is 6.61. The molecule has 1 aliphatic heterocycles. The summed E-state index contributed by atoms with van der Waals surface area (Å²) in [4.78, 5) is 24.9. The van der Waals surface area contributed by atoms with Gasteiger partial charge in [0.1, 0.15) is 23.4 Å². The van der Waals surface area contributed by atoms with E-state index in [2.05, 4.69) is 4.72 Å². The number of hydrogen-bond donors (Lipinski definition) is 4. The molecule has 1 aliphatic rings. The van der Waals surface area contributed by atoms with Gasteiger partial charge in [-0.2, -0.15) is 0 Å². The van der Waals surface area contributed by atoms with Crippen LogP contribution >= 0.6 is 0 Å². The standard InChI is InChI=1S/C34H36F2N2O7S/c1-21(2)38(17-16-27(39)18-28(40)19-31(41)42)20-30(34(43)37-46(44,45)29-14-4-22(3)5-15-29)32(23-6-10-25(35)11-7-23)33(38)24-8-12-26(36)13-9-24/h4-15,20-21,27-28,39-40H,16-19H2,1-3H3,(H-,37,41,42,43)/p+1/t27-,28-,38?/m1/s1. The van der Waals surface area contributed by atoms with Crippen LogP contribution in [0.25, 0.3) is 11.3 Å². The Morgan fingerprint density at radius 1 is 0.848 bits per heavy atom. The van der Waals surface area contributed by atoms with Crippen molar-refractivity contribution in [3.8, 4) is 0 Å². The number of amides is 1. The average molecular weight is 656 g/mol. The number of sulfonamides is 1. The van der Waals surface area contributed by atoms with E-state index in [-0.39, 0.29) is 46.0 Å². The van der Waals surface area contributed by atoms with Crippen LogP contribution in [0, 0.1) is 18.6 Å². The summed E-state index contributed by atoms with van der Waals surface area (Å²) in [7, 11) is -4.32. The Hall–Kier alpha value is -4.23. The first-order valence-corrected chi connectivity index (χ1v) is 16.2. The van der Waals surface area contributed by atoms with Gasteiger partial charge in [-0.15, -0.1) is 0 Å². The van der Waals surface area contributed by atoms with Crippen molar-refractivity contribution in [1.29, 1.82) is 0 Å². The average Bonchev–Trinajstić information content (AvgIpc) is 3.33. The van der Waals surface area contributed by atoms with Crippen LogP contribution in [0.5, 0.6) is 0 Å². The van der Waals surface area contributed by atoms with E-state index < -0.39 is 52.2 Å². The zero-order valence-corrected chi connectivity index (χ0v) is 26.5. The molecule has 3 atom stereocenters. The largest absolute Gasteiger partial charge is 0.481 e. The zero-order chi connectivity index (χ0) is 33.8. The second-order valence-corrected chi connectivity index (χ2v) is 13.4. The predicted octanol–water partition coefficient (Wildman–Crippen LogP) is 4.75. The number of aliphatic hydroxyl groups excluding tert-OH is 2. The summed E-state index contributed by atoms with van der Waals surface area (Å²) in [5.74, 6) is -3.20. The van der Waals surface area contributed by atoms with Gasteiger partial charge in [-0.1, -0.05) is 29.8 Å². The topological polar surface area (TPSA) is 141 Å². The maximum Gasteiger partial charge on any atom is 0.305 e. The normalized spacial score (nSPS) is 18.0. The quantitative estimate of drug-likeness (QED) is 0.195. The number of halogens is 2. The zero-order valence-electron chi connectivity index (χ0n) is 25.7. The molecule has 4 N–H and O–H groups in total. The third-order valence-electron chi connectivity index (χ3n) is 8.04. The Balaban J connectivity index is 1.88. The number of rotatable bonds is 13. The molecule has 46 heavy (non-hydrogen) atoms. The summed E-state index contributed by atoms with van der Waals surface area (Å²) in [6, 6.07) is 16.5. The number of nitrogens with one attached hydrogen (secondary N) is 1. The lowest BCUT2D eigenvalue weighted by atomic mass is 9.94. The Morgan fingerprint density at radius 3 is 1.91 bits per heavy atom. The molecule has 4 rings (SSSR count). The molecular weight excluding hydrogens is 618 g/mol. The van der Waals surface area contributed by atoms with Crippen molar-refractivity contribution in [2.75, 3.05) is 6.54 Å². The van der Waals surface area contributed by atoms with Gasteiger partial charge in [0.15, 0.2) is 5.70 Å². The smallest absolute Gasteiger partial charge is 0.305 e. The number of carbonyl (C=O) groups is 2. The molecular formula is C34H37F2N2O7S+. The second kappa shape index (κ2) is 14.0. The predicted molar refractivity (Wildman–Crippen MR) is 168 cm³/mol. The number of aliphatic hydroxyl groups is 2. The van der Waals surface area contributed by atoms with Gasteiger partial charge >= 0.3 is 5.97 Å². The van der Waals surface area contributed by atoms with Crippen molar-refractivity contribution in [3.63, 3.8) is 0 Å². The van der Waals surface area contributed by atoms with Gasteiger partial charge in [0.2, 0.25) is 0 Å². The van der Waals surface area contributed by atoms with Gasteiger partial charge in [0.25, 0.3) is 15.9 Å². The van der Waals surface area contributed by atoms with Crippen molar-refractivity contribution in [2.45, 2.75) is 63.2 Å². The molecule has 0 saturated carbocycles. The fraction of sp³-hybridized carbons (Fsp3) is 0.294. The Morgan fingerprint density at radius 2 is 1.39 bits per heavy atom. The molecule has 0 spiro atoms. The third-order valence-corrected chi connectivity index (χ3v) is 9.39. The third kappa shape index (κ3) is 7.76. The summed E-state index contributed by atoms with van der Waals surface area (Å²) >= 11 is 0. The number of benzene rings is 3. The lowest BCUT2D eigenvalue weighted by Gasteiger charge is -2.39. The summed E-state index contributed by atoms with van der Waals surface area (Å²) in [5.41, 5.74) is 2.46. The molecule has 3 aromatic carbocycles. The number of carboxylic acid groups (broad SMARTS) is 1. The van der Waals surface area contributed by atoms with E-state index in [1.165, 1.54) is 60.7 Å². The highest BCUT2D eigenvalue weighted by Crippen LogP contribution is 2.47. The van der Waals surface area contributed by atoms with Crippen molar-refractivity contribution in [1.82, 2.24) is 4.72 Å². The van der Waals surface area contributed by atoms with Crippen LogP contribution in [0.15, 0.2) is 89.5 Å². The summed E-state index contributed by atoms with van der Waals surface area (Å²) < 4.78 is 56.9.